The lowest BCUT2D eigenvalue weighted by molar-refractivity contribution is 0.0950. The first-order valence-electron chi connectivity index (χ1n) is 11.5. The Balaban J connectivity index is 1.32. The maximum atomic E-state index is 12.8. The summed E-state index contributed by atoms with van der Waals surface area (Å²) in [6.07, 6.45) is 4.08. The highest BCUT2D eigenvalue weighted by atomic mass is 16.2. The van der Waals surface area contributed by atoms with Gasteiger partial charge in [-0.25, -0.2) is 0 Å². The van der Waals surface area contributed by atoms with Crippen molar-refractivity contribution in [1.29, 1.82) is 0 Å². The molecule has 0 spiro atoms. The molecule has 0 aliphatic carbocycles. The average molecular weight is 438 g/mol. The predicted octanol–water partition coefficient (Wildman–Crippen LogP) is 4.72. The second kappa shape index (κ2) is 9.43. The lowest BCUT2D eigenvalue weighted by atomic mass is 9.98. The average Bonchev–Trinajstić information content (AvgIpc) is 3.37. The molecule has 3 aromatic carbocycles. The first-order chi connectivity index (χ1) is 16.2. The minimum atomic E-state index is -0.377. The van der Waals surface area contributed by atoms with E-state index in [2.05, 4.69) is 45.5 Å². The number of carbonyl (C=O) groups excluding carboxylic acids is 1. The van der Waals surface area contributed by atoms with E-state index in [4.69, 9.17) is 0 Å². The van der Waals surface area contributed by atoms with Gasteiger partial charge in [0.1, 0.15) is 5.56 Å². The van der Waals surface area contributed by atoms with Crippen LogP contribution in [0, 0.1) is 0 Å². The molecular formula is C28H27N3O2. The Hall–Kier alpha value is -3.70. The van der Waals surface area contributed by atoms with E-state index in [0.29, 0.717) is 11.9 Å². The summed E-state index contributed by atoms with van der Waals surface area (Å²) >= 11 is 0. The summed E-state index contributed by atoms with van der Waals surface area (Å²) in [5.41, 5.74) is 5.11. The molecular weight excluding hydrogens is 410 g/mol. The van der Waals surface area contributed by atoms with Gasteiger partial charge < -0.3 is 10.3 Å². The molecule has 0 bridgehead atoms. The van der Waals surface area contributed by atoms with Crippen LogP contribution in [0.5, 0.6) is 0 Å². The first-order valence-corrected chi connectivity index (χ1v) is 11.5. The molecule has 0 saturated carbocycles. The number of rotatable bonds is 6. The number of para-hydroxylation sites is 1. The van der Waals surface area contributed by atoms with Crippen LogP contribution in [-0.4, -0.2) is 28.9 Å². The van der Waals surface area contributed by atoms with Crippen molar-refractivity contribution in [3.63, 3.8) is 0 Å². The van der Waals surface area contributed by atoms with Gasteiger partial charge in [0, 0.05) is 30.2 Å². The van der Waals surface area contributed by atoms with Gasteiger partial charge in [-0.2, -0.15) is 0 Å². The van der Waals surface area contributed by atoms with E-state index < -0.39 is 0 Å². The second-order valence-electron chi connectivity index (χ2n) is 8.60. The number of hydrogen-bond acceptors (Lipinski definition) is 3. The van der Waals surface area contributed by atoms with Crippen molar-refractivity contribution in [1.82, 2.24) is 15.2 Å². The van der Waals surface area contributed by atoms with Gasteiger partial charge in [0.05, 0.1) is 0 Å². The van der Waals surface area contributed by atoms with Gasteiger partial charge in [-0.15, -0.1) is 0 Å². The van der Waals surface area contributed by atoms with Crippen LogP contribution in [0.15, 0.2) is 83.8 Å². The summed E-state index contributed by atoms with van der Waals surface area (Å²) in [5, 5.41) is 3.44. The third-order valence-electron chi connectivity index (χ3n) is 6.36. The molecule has 166 valence electrons. The Bertz CT molecular complexity index is 1340. The van der Waals surface area contributed by atoms with Crippen molar-refractivity contribution in [2.24, 2.45) is 0 Å². The van der Waals surface area contributed by atoms with Crippen LogP contribution in [0.4, 0.5) is 0 Å². The van der Waals surface area contributed by atoms with Gasteiger partial charge in [-0.3, -0.25) is 14.5 Å². The van der Waals surface area contributed by atoms with E-state index >= 15 is 0 Å². The maximum Gasteiger partial charge on any atom is 0.257 e. The molecule has 4 aromatic rings. The van der Waals surface area contributed by atoms with Crippen molar-refractivity contribution >= 4 is 16.8 Å². The van der Waals surface area contributed by atoms with Gasteiger partial charge in [0.15, 0.2) is 0 Å². The van der Waals surface area contributed by atoms with E-state index in [1.54, 1.807) is 12.1 Å². The zero-order valence-corrected chi connectivity index (χ0v) is 18.5. The SMILES string of the molecule is O=C(NCc1ccccc1-c1ccc(CN2CCCC2)cc1)c1c[nH]c2ccccc2c1=O. The van der Waals surface area contributed by atoms with Crippen molar-refractivity contribution < 1.29 is 4.79 Å². The highest BCUT2D eigenvalue weighted by molar-refractivity contribution is 5.97. The summed E-state index contributed by atoms with van der Waals surface area (Å²) in [6, 6.07) is 24.0. The van der Waals surface area contributed by atoms with E-state index in [9.17, 15) is 9.59 Å². The molecule has 0 radical (unpaired) electrons. The number of aromatic nitrogens is 1. The highest BCUT2D eigenvalue weighted by Gasteiger charge is 2.14. The number of aromatic amines is 1. The second-order valence-corrected chi connectivity index (χ2v) is 8.60. The summed E-state index contributed by atoms with van der Waals surface area (Å²) in [4.78, 5) is 31.1. The predicted molar refractivity (Wildman–Crippen MR) is 132 cm³/mol. The summed E-state index contributed by atoms with van der Waals surface area (Å²) < 4.78 is 0. The van der Waals surface area contributed by atoms with E-state index in [1.807, 2.05) is 30.3 Å². The van der Waals surface area contributed by atoms with Crippen molar-refractivity contribution in [3.05, 3.63) is 106 Å². The lowest BCUT2D eigenvalue weighted by Gasteiger charge is -2.15. The summed E-state index contributed by atoms with van der Waals surface area (Å²) in [6.45, 7) is 3.71. The summed E-state index contributed by atoms with van der Waals surface area (Å²) in [5.74, 6) is -0.377. The van der Waals surface area contributed by atoms with E-state index in [1.165, 1.54) is 37.7 Å². The Morgan fingerprint density at radius 1 is 0.909 bits per heavy atom. The molecule has 1 saturated heterocycles. The van der Waals surface area contributed by atoms with Crippen LogP contribution >= 0.6 is 0 Å². The molecule has 5 heteroatoms. The van der Waals surface area contributed by atoms with Crippen molar-refractivity contribution in [2.75, 3.05) is 13.1 Å². The monoisotopic (exact) mass is 437 g/mol. The van der Waals surface area contributed by atoms with Crippen LogP contribution < -0.4 is 10.7 Å². The molecule has 2 N–H and O–H groups in total. The van der Waals surface area contributed by atoms with Gasteiger partial charge in [0.2, 0.25) is 5.43 Å². The van der Waals surface area contributed by atoms with Crippen LogP contribution in [0.1, 0.15) is 34.3 Å². The lowest BCUT2D eigenvalue weighted by Crippen LogP contribution is -2.28. The number of H-pyrrole nitrogens is 1. The number of nitrogens with one attached hydrogen (secondary N) is 2. The Morgan fingerprint density at radius 2 is 1.64 bits per heavy atom. The standard InChI is InChI=1S/C28H27N3O2/c32-27-24-9-3-4-10-26(24)29-18-25(27)28(33)30-17-22-7-1-2-8-23(22)21-13-11-20(12-14-21)19-31-15-5-6-16-31/h1-4,7-14,18H,5-6,15-17,19H2,(H,29,32)(H,30,33). The number of likely N-dealkylation sites (tertiary alicyclic amines) is 1. The van der Waals surface area contributed by atoms with Crippen LogP contribution in [0.2, 0.25) is 0 Å². The topological polar surface area (TPSA) is 65.2 Å². The number of nitrogens with zero attached hydrogens (tertiary/aromatic N) is 1. The van der Waals surface area contributed by atoms with Crippen molar-refractivity contribution in [2.45, 2.75) is 25.9 Å². The van der Waals surface area contributed by atoms with Crippen LogP contribution in [0.3, 0.4) is 0 Å². The highest BCUT2D eigenvalue weighted by Crippen LogP contribution is 2.25. The summed E-state index contributed by atoms with van der Waals surface area (Å²) in [7, 11) is 0. The Morgan fingerprint density at radius 3 is 2.45 bits per heavy atom. The third kappa shape index (κ3) is 4.59. The number of carbonyl (C=O) groups is 1. The molecule has 1 amide bonds. The fourth-order valence-electron chi connectivity index (χ4n) is 4.55. The van der Waals surface area contributed by atoms with Crippen molar-refractivity contribution in [3.8, 4) is 11.1 Å². The number of fused-ring (bicyclic) bond motifs is 1. The van der Waals surface area contributed by atoms with E-state index in [0.717, 1.165) is 28.8 Å². The molecule has 1 aliphatic rings. The number of hydrogen-bond donors (Lipinski definition) is 2. The molecule has 1 aliphatic heterocycles. The fraction of sp³-hybridized carbons (Fsp3) is 0.214. The quantitative estimate of drug-likeness (QED) is 0.459. The molecule has 0 atom stereocenters. The molecule has 1 aromatic heterocycles. The maximum absolute atomic E-state index is 12.8. The molecule has 5 nitrogen and oxygen atoms in total. The van der Waals surface area contributed by atoms with Gasteiger partial charge >= 0.3 is 0 Å². The largest absolute Gasteiger partial charge is 0.360 e. The normalized spacial score (nSPS) is 13.9. The fourth-order valence-corrected chi connectivity index (χ4v) is 4.55. The molecule has 5 rings (SSSR count). The first kappa shape index (κ1) is 21.2. The Kier molecular flexibility index (Phi) is 6.05. The van der Waals surface area contributed by atoms with Gasteiger partial charge in [-0.1, -0.05) is 60.7 Å². The third-order valence-corrected chi connectivity index (χ3v) is 6.36. The minimum Gasteiger partial charge on any atom is -0.360 e. The zero-order chi connectivity index (χ0) is 22.6. The molecule has 33 heavy (non-hydrogen) atoms. The van der Waals surface area contributed by atoms with Gasteiger partial charge in [0.25, 0.3) is 5.91 Å². The zero-order valence-electron chi connectivity index (χ0n) is 18.5. The number of benzene rings is 3. The minimum absolute atomic E-state index is 0.123. The van der Waals surface area contributed by atoms with Crippen LogP contribution in [-0.2, 0) is 13.1 Å². The molecule has 1 fully saturated rings. The Labute approximate surface area is 193 Å². The molecule has 2 heterocycles. The van der Waals surface area contributed by atoms with Gasteiger partial charge in [-0.05, 0) is 60.3 Å². The molecule has 0 unspecified atom stereocenters. The smallest absolute Gasteiger partial charge is 0.257 e. The van der Waals surface area contributed by atoms with E-state index in [-0.39, 0.29) is 16.9 Å². The number of amides is 1. The van der Waals surface area contributed by atoms with Crippen LogP contribution in [0.25, 0.3) is 22.0 Å². The number of pyridine rings is 1.